The monoisotopic (exact) mass is 398 g/mol. The van der Waals surface area contributed by atoms with E-state index in [2.05, 4.69) is 10.6 Å². The Morgan fingerprint density at radius 2 is 1.83 bits per heavy atom. The molecule has 1 aliphatic heterocycles. The number of carbonyl (C=O) groups is 3. The highest BCUT2D eigenvalue weighted by Crippen LogP contribution is 2.24. The van der Waals surface area contributed by atoms with Crippen LogP contribution < -0.4 is 15.4 Å². The summed E-state index contributed by atoms with van der Waals surface area (Å²) in [7, 11) is 1.53. The van der Waals surface area contributed by atoms with Crippen LogP contribution in [0.25, 0.3) is 0 Å². The third-order valence-corrected chi connectivity index (χ3v) is 4.32. The molecular weight excluding hydrogens is 376 g/mol. The quantitative estimate of drug-likeness (QED) is 0.695. The van der Waals surface area contributed by atoms with E-state index in [0.29, 0.717) is 35.7 Å². The van der Waals surface area contributed by atoms with Crippen molar-refractivity contribution >= 4 is 29.2 Å². The number of benzene rings is 2. The van der Waals surface area contributed by atoms with Crippen molar-refractivity contribution in [2.24, 2.45) is 0 Å². The van der Waals surface area contributed by atoms with E-state index in [-0.39, 0.29) is 5.91 Å². The van der Waals surface area contributed by atoms with Gasteiger partial charge in [0, 0.05) is 17.9 Å². The minimum atomic E-state index is -0.580. The number of amides is 2. The standard InChI is InChI=1S/C21H22N2O6/c1-27-17-6-3-2-5-16(17)23-20(25)14-8-10-15(11-9-14)22-19(24)13-29-21(26)18-7-4-12-28-18/h2-3,5-6,8-11,18H,4,7,12-13H2,1H3,(H,22,24)(H,23,25)/t18-/m0/s1. The highest BCUT2D eigenvalue weighted by molar-refractivity contribution is 6.05. The molecule has 0 unspecified atom stereocenters. The summed E-state index contributed by atoms with van der Waals surface area (Å²) in [5.74, 6) is -0.747. The molecule has 152 valence electrons. The smallest absolute Gasteiger partial charge is 0.335 e. The van der Waals surface area contributed by atoms with Gasteiger partial charge in [-0.25, -0.2) is 4.79 Å². The molecule has 2 N–H and O–H groups in total. The molecule has 1 atom stereocenters. The molecular formula is C21H22N2O6. The molecule has 8 nitrogen and oxygen atoms in total. The van der Waals surface area contributed by atoms with Gasteiger partial charge < -0.3 is 24.8 Å². The van der Waals surface area contributed by atoms with Gasteiger partial charge in [-0.1, -0.05) is 12.1 Å². The fourth-order valence-corrected chi connectivity index (χ4v) is 2.84. The summed E-state index contributed by atoms with van der Waals surface area (Å²) in [6.07, 6.45) is 0.839. The molecule has 0 aliphatic carbocycles. The van der Waals surface area contributed by atoms with Gasteiger partial charge in [-0.3, -0.25) is 9.59 Å². The second-order valence-corrected chi connectivity index (χ2v) is 6.39. The van der Waals surface area contributed by atoms with Crippen molar-refractivity contribution in [3.05, 3.63) is 54.1 Å². The van der Waals surface area contributed by atoms with Crippen molar-refractivity contribution in [1.29, 1.82) is 0 Å². The van der Waals surface area contributed by atoms with Crippen LogP contribution in [0.4, 0.5) is 11.4 Å². The first-order valence-electron chi connectivity index (χ1n) is 9.19. The van der Waals surface area contributed by atoms with E-state index in [1.54, 1.807) is 42.5 Å². The van der Waals surface area contributed by atoms with Crippen LogP contribution in [0.5, 0.6) is 5.75 Å². The fraction of sp³-hybridized carbons (Fsp3) is 0.286. The van der Waals surface area contributed by atoms with E-state index in [1.807, 2.05) is 6.07 Å². The second-order valence-electron chi connectivity index (χ2n) is 6.39. The molecule has 1 fully saturated rings. The van der Waals surface area contributed by atoms with Crippen LogP contribution in [0.3, 0.4) is 0 Å². The van der Waals surface area contributed by atoms with Crippen LogP contribution >= 0.6 is 0 Å². The molecule has 8 heteroatoms. The molecule has 3 rings (SSSR count). The minimum absolute atomic E-state index is 0.308. The third-order valence-electron chi connectivity index (χ3n) is 4.32. The Balaban J connectivity index is 1.50. The highest BCUT2D eigenvalue weighted by Gasteiger charge is 2.25. The molecule has 0 aromatic heterocycles. The number of para-hydroxylation sites is 2. The Labute approximate surface area is 168 Å². The summed E-state index contributed by atoms with van der Waals surface area (Å²) in [4.78, 5) is 36.1. The number of esters is 1. The van der Waals surface area contributed by atoms with Crippen LogP contribution in [0.1, 0.15) is 23.2 Å². The number of hydrogen-bond acceptors (Lipinski definition) is 6. The lowest BCUT2D eigenvalue weighted by Gasteiger charge is -2.11. The Bertz CT molecular complexity index is 875. The van der Waals surface area contributed by atoms with Gasteiger partial charge in [0.1, 0.15) is 5.75 Å². The first kappa shape index (κ1) is 20.3. The summed E-state index contributed by atoms with van der Waals surface area (Å²) >= 11 is 0. The molecule has 2 amide bonds. The lowest BCUT2D eigenvalue weighted by molar-refractivity contribution is -0.156. The van der Waals surface area contributed by atoms with Gasteiger partial charge in [0.15, 0.2) is 12.7 Å². The number of carbonyl (C=O) groups excluding carboxylic acids is 3. The molecule has 0 radical (unpaired) electrons. The molecule has 2 aromatic carbocycles. The molecule has 29 heavy (non-hydrogen) atoms. The van der Waals surface area contributed by atoms with E-state index < -0.39 is 24.6 Å². The molecule has 1 heterocycles. The highest BCUT2D eigenvalue weighted by atomic mass is 16.6. The largest absolute Gasteiger partial charge is 0.495 e. The fourth-order valence-electron chi connectivity index (χ4n) is 2.84. The lowest BCUT2D eigenvalue weighted by Crippen LogP contribution is -2.27. The first-order valence-corrected chi connectivity index (χ1v) is 9.19. The summed E-state index contributed by atoms with van der Waals surface area (Å²) in [5, 5.41) is 5.39. The van der Waals surface area contributed by atoms with Gasteiger partial charge in [-0.15, -0.1) is 0 Å². The van der Waals surface area contributed by atoms with Crippen molar-refractivity contribution in [2.75, 3.05) is 31.0 Å². The summed E-state index contributed by atoms with van der Waals surface area (Å²) in [6.45, 7) is 0.137. The van der Waals surface area contributed by atoms with Crippen LogP contribution in [0.15, 0.2) is 48.5 Å². The maximum atomic E-state index is 12.4. The van der Waals surface area contributed by atoms with Gasteiger partial charge in [-0.2, -0.15) is 0 Å². The maximum absolute atomic E-state index is 12.4. The third kappa shape index (κ3) is 5.55. The Morgan fingerprint density at radius 1 is 1.07 bits per heavy atom. The van der Waals surface area contributed by atoms with E-state index in [9.17, 15) is 14.4 Å². The number of nitrogens with one attached hydrogen (secondary N) is 2. The number of ether oxygens (including phenoxy) is 3. The zero-order chi connectivity index (χ0) is 20.6. The molecule has 1 saturated heterocycles. The van der Waals surface area contributed by atoms with Crippen LogP contribution in [-0.4, -0.2) is 44.2 Å². The van der Waals surface area contributed by atoms with Crippen molar-refractivity contribution in [3.8, 4) is 5.75 Å². The average Bonchev–Trinajstić information content (AvgIpc) is 3.28. The van der Waals surface area contributed by atoms with Crippen molar-refractivity contribution < 1.29 is 28.6 Å². The predicted molar refractivity (Wildman–Crippen MR) is 106 cm³/mol. The average molecular weight is 398 g/mol. The zero-order valence-electron chi connectivity index (χ0n) is 16.0. The van der Waals surface area contributed by atoms with Crippen molar-refractivity contribution in [2.45, 2.75) is 18.9 Å². The van der Waals surface area contributed by atoms with Gasteiger partial charge in [0.25, 0.3) is 11.8 Å². The topological polar surface area (TPSA) is 103 Å². The maximum Gasteiger partial charge on any atom is 0.335 e. The number of anilines is 2. The lowest BCUT2D eigenvalue weighted by atomic mass is 10.2. The summed E-state index contributed by atoms with van der Waals surface area (Å²) in [6, 6.07) is 13.4. The SMILES string of the molecule is COc1ccccc1NC(=O)c1ccc(NC(=O)COC(=O)[C@@H]2CCCO2)cc1. The Kier molecular flexibility index (Phi) is 6.80. The van der Waals surface area contributed by atoms with E-state index in [1.165, 1.54) is 7.11 Å². The molecule has 0 bridgehead atoms. The van der Waals surface area contributed by atoms with Crippen LogP contribution in [-0.2, 0) is 19.1 Å². The van der Waals surface area contributed by atoms with Crippen molar-refractivity contribution in [3.63, 3.8) is 0 Å². The van der Waals surface area contributed by atoms with E-state index in [4.69, 9.17) is 14.2 Å². The number of rotatable bonds is 7. The van der Waals surface area contributed by atoms with Gasteiger partial charge >= 0.3 is 5.97 Å². The zero-order valence-corrected chi connectivity index (χ0v) is 16.0. The van der Waals surface area contributed by atoms with Crippen LogP contribution in [0.2, 0.25) is 0 Å². The van der Waals surface area contributed by atoms with E-state index in [0.717, 1.165) is 6.42 Å². The predicted octanol–water partition coefficient (Wildman–Crippen LogP) is 2.61. The second kappa shape index (κ2) is 9.70. The molecule has 1 aliphatic rings. The number of methoxy groups -OCH3 is 1. The Hall–Kier alpha value is -3.39. The minimum Gasteiger partial charge on any atom is -0.495 e. The summed E-state index contributed by atoms with van der Waals surface area (Å²) < 4.78 is 15.4. The summed E-state index contributed by atoms with van der Waals surface area (Å²) in [5.41, 5.74) is 1.46. The molecule has 2 aromatic rings. The van der Waals surface area contributed by atoms with Gasteiger partial charge in [0.2, 0.25) is 0 Å². The first-order chi connectivity index (χ1) is 14.1. The van der Waals surface area contributed by atoms with Crippen molar-refractivity contribution in [1.82, 2.24) is 0 Å². The normalized spacial score (nSPS) is 15.4. The van der Waals surface area contributed by atoms with Crippen LogP contribution in [0, 0.1) is 0 Å². The molecule has 0 saturated carbocycles. The van der Waals surface area contributed by atoms with Gasteiger partial charge in [0.05, 0.1) is 12.8 Å². The number of hydrogen-bond donors (Lipinski definition) is 2. The van der Waals surface area contributed by atoms with E-state index >= 15 is 0 Å². The molecule has 0 spiro atoms. The Morgan fingerprint density at radius 3 is 2.52 bits per heavy atom. The van der Waals surface area contributed by atoms with Gasteiger partial charge in [-0.05, 0) is 49.2 Å².